The van der Waals surface area contributed by atoms with Crippen LogP contribution in [0.1, 0.15) is 45.4 Å². The number of nitrogens with one attached hydrogen (secondary N) is 1. The van der Waals surface area contributed by atoms with E-state index in [1.54, 1.807) is 0 Å². The topological polar surface area (TPSA) is 41.5 Å². The molecule has 0 amide bonds. The van der Waals surface area contributed by atoms with Gasteiger partial charge in [0.15, 0.2) is 0 Å². The molecule has 88 valence electrons. The van der Waals surface area contributed by atoms with Crippen LogP contribution >= 0.6 is 0 Å². The molecule has 1 saturated carbocycles. The Hall–Kier alpha value is -0.120. The molecule has 0 aromatic heterocycles. The molecule has 3 heteroatoms. The van der Waals surface area contributed by atoms with Crippen LogP contribution in [0, 0.1) is 0 Å². The molecule has 15 heavy (non-hydrogen) atoms. The average molecular weight is 213 g/mol. The largest absolute Gasteiger partial charge is 0.392 e. The highest BCUT2D eigenvalue weighted by atomic mass is 16.5. The Morgan fingerprint density at radius 3 is 2.80 bits per heavy atom. The molecule has 1 heterocycles. The minimum atomic E-state index is -0.149. The number of rotatable bonds is 3. The third-order valence-electron chi connectivity index (χ3n) is 3.77. The zero-order chi connectivity index (χ0) is 10.7. The van der Waals surface area contributed by atoms with Gasteiger partial charge in [-0.2, -0.15) is 0 Å². The summed E-state index contributed by atoms with van der Waals surface area (Å²) >= 11 is 0. The molecule has 1 saturated heterocycles. The van der Waals surface area contributed by atoms with Gasteiger partial charge in [0, 0.05) is 19.2 Å². The van der Waals surface area contributed by atoms with E-state index in [0.29, 0.717) is 6.04 Å². The molecule has 0 spiro atoms. The molecular formula is C12H23NO2. The SMILES string of the molecule is CC1(CN[C@@H]2CCCC[C@H]2O)CCCO1. The number of ether oxygens (including phenoxy) is 1. The van der Waals surface area contributed by atoms with E-state index in [9.17, 15) is 5.11 Å². The van der Waals surface area contributed by atoms with E-state index in [0.717, 1.165) is 32.4 Å². The van der Waals surface area contributed by atoms with Gasteiger partial charge in [-0.05, 0) is 32.6 Å². The van der Waals surface area contributed by atoms with E-state index in [-0.39, 0.29) is 11.7 Å². The highest BCUT2D eigenvalue weighted by Crippen LogP contribution is 2.25. The summed E-state index contributed by atoms with van der Waals surface area (Å²) in [5.41, 5.74) is 0.0111. The lowest BCUT2D eigenvalue weighted by molar-refractivity contribution is 0.00927. The van der Waals surface area contributed by atoms with Gasteiger partial charge in [0.1, 0.15) is 0 Å². The van der Waals surface area contributed by atoms with Gasteiger partial charge >= 0.3 is 0 Å². The van der Waals surface area contributed by atoms with Crippen LogP contribution in [0.2, 0.25) is 0 Å². The lowest BCUT2D eigenvalue weighted by Gasteiger charge is -2.32. The molecule has 3 nitrogen and oxygen atoms in total. The molecule has 2 rings (SSSR count). The molecule has 3 atom stereocenters. The Morgan fingerprint density at radius 1 is 1.33 bits per heavy atom. The normalized spacial score (nSPS) is 42.0. The highest BCUT2D eigenvalue weighted by molar-refractivity contribution is 4.87. The number of hydrogen-bond donors (Lipinski definition) is 2. The van der Waals surface area contributed by atoms with Crippen LogP contribution in [0.3, 0.4) is 0 Å². The van der Waals surface area contributed by atoms with Gasteiger partial charge in [-0.3, -0.25) is 0 Å². The van der Waals surface area contributed by atoms with Crippen molar-refractivity contribution in [2.75, 3.05) is 13.2 Å². The quantitative estimate of drug-likeness (QED) is 0.745. The molecule has 0 aromatic rings. The van der Waals surface area contributed by atoms with Crippen molar-refractivity contribution < 1.29 is 9.84 Å². The summed E-state index contributed by atoms with van der Waals surface area (Å²) in [4.78, 5) is 0. The Balaban J connectivity index is 1.76. The molecule has 1 aliphatic heterocycles. The maximum absolute atomic E-state index is 9.82. The minimum absolute atomic E-state index is 0.0111. The van der Waals surface area contributed by atoms with Crippen LogP contribution in [-0.2, 0) is 4.74 Å². The van der Waals surface area contributed by atoms with Gasteiger partial charge in [0.2, 0.25) is 0 Å². The summed E-state index contributed by atoms with van der Waals surface area (Å²) in [6.45, 7) is 3.95. The van der Waals surface area contributed by atoms with Crippen LogP contribution < -0.4 is 5.32 Å². The maximum atomic E-state index is 9.82. The van der Waals surface area contributed by atoms with Crippen molar-refractivity contribution in [2.45, 2.75) is 63.2 Å². The van der Waals surface area contributed by atoms with Gasteiger partial charge in [-0.15, -0.1) is 0 Å². The van der Waals surface area contributed by atoms with Crippen LogP contribution in [0.4, 0.5) is 0 Å². The Kier molecular flexibility index (Phi) is 3.65. The molecule has 2 N–H and O–H groups in total. The van der Waals surface area contributed by atoms with Gasteiger partial charge in [0.05, 0.1) is 11.7 Å². The van der Waals surface area contributed by atoms with E-state index in [2.05, 4.69) is 12.2 Å². The van der Waals surface area contributed by atoms with Gasteiger partial charge in [-0.1, -0.05) is 12.8 Å². The van der Waals surface area contributed by atoms with Crippen molar-refractivity contribution in [1.29, 1.82) is 0 Å². The van der Waals surface area contributed by atoms with E-state index < -0.39 is 0 Å². The first kappa shape index (κ1) is 11.4. The molecule has 2 aliphatic rings. The summed E-state index contributed by atoms with van der Waals surface area (Å²) in [5.74, 6) is 0. The summed E-state index contributed by atoms with van der Waals surface area (Å²) in [7, 11) is 0. The van der Waals surface area contributed by atoms with Gasteiger partial charge in [-0.25, -0.2) is 0 Å². The molecule has 0 bridgehead atoms. The third kappa shape index (κ3) is 2.92. The predicted octanol–water partition coefficient (Wildman–Crippen LogP) is 1.45. The zero-order valence-corrected chi connectivity index (χ0v) is 9.67. The monoisotopic (exact) mass is 213 g/mol. The number of aliphatic hydroxyl groups is 1. The second kappa shape index (κ2) is 4.81. The third-order valence-corrected chi connectivity index (χ3v) is 3.77. The van der Waals surface area contributed by atoms with Gasteiger partial charge in [0.25, 0.3) is 0 Å². The molecular weight excluding hydrogens is 190 g/mol. The van der Waals surface area contributed by atoms with Crippen molar-refractivity contribution in [1.82, 2.24) is 5.32 Å². The van der Waals surface area contributed by atoms with Crippen LogP contribution in [0.5, 0.6) is 0 Å². The standard InChI is InChI=1S/C12H23NO2/c1-12(7-4-8-15-12)9-13-10-5-2-3-6-11(10)14/h10-11,13-14H,2-9H2,1H3/t10-,11-,12?/m1/s1. The van der Waals surface area contributed by atoms with Crippen molar-refractivity contribution >= 4 is 0 Å². The van der Waals surface area contributed by atoms with E-state index in [1.165, 1.54) is 19.3 Å². The lowest BCUT2D eigenvalue weighted by Crippen LogP contribution is -2.48. The summed E-state index contributed by atoms with van der Waals surface area (Å²) in [6, 6.07) is 0.291. The summed E-state index contributed by atoms with van der Waals surface area (Å²) in [6.07, 6.45) is 6.64. The van der Waals surface area contributed by atoms with E-state index in [4.69, 9.17) is 4.74 Å². The first-order chi connectivity index (χ1) is 7.20. The minimum Gasteiger partial charge on any atom is -0.392 e. The van der Waals surface area contributed by atoms with Crippen LogP contribution in [0.15, 0.2) is 0 Å². The van der Waals surface area contributed by atoms with Crippen molar-refractivity contribution in [3.05, 3.63) is 0 Å². The fourth-order valence-corrected chi connectivity index (χ4v) is 2.67. The fourth-order valence-electron chi connectivity index (χ4n) is 2.67. The van der Waals surface area contributed by atoms with Crippen molar-refractivity contribution in [3.8, 4) is 0 Å². The molecule has 0 radical (unpaired) electrons. The van der Waals surface area contributed by atoms with Crippen molar-refractivity contribution in [3.63, 3.8) is 0 Å². The molecule has 0 aromatic carbocycles. The summed E-state index contributed by atoms with van der Waals surface area (Å²) in [5, 5.41) is 13.3. The van der Waals surface area contributed by atoms with Crippen LogP contribution in [0.25, 0.3) is 0 Å². The molecule has 1 aliphatic carbocycles. The maximum Gasteiger partial charge on any atom is 0.0779 e. The fraction of sp³-hybridized carbons (Fsp3) is 1.00. The smallest absolute Gasteiger partial charge is 0.0779 e. The first-order valence-electron chi connectivity index (χ1n) is 6.25. The zero-order valence-electron chi connectivity index (χ0n) is 9.67. The number of hydrogen-bond acceptors (Lipinski definition) is 3. The molecule has 1 unspecified atom stereocenters. The number of aliphatic hydroxyl groups excluding tert-OH is 1. The van der Waals surface area contributed by atoms with E-state index >= 15 is 0 Å². The Bertz CT molecular complexity index is 202. The Labute approximate surface area is 92.2 Å². The van der Waals surface area contributed by atoms with E-state index in [1.807, 2.05) is 0 Å². The van der Waals surface area contributed by atoms with Crippen LogP contribution in [-0.4, -0.2) is 36.0 Å². The predicted molar refractivity (Wildman–Crippen MR) is 59.9 cm³/mol. The average Bonchev–Trinajstić information content (AvgIpc) is 2.65. The first-order valence-corrected chi connectivity index (χ1v) is 6.25. The summed E-state index contributed by atoms with van der Waals surface area (Å²) < 4.78 is 5.72. The second-order valence-corrected chi connectivity index (χ2v) is 5.24. The highest BCUT2D eigenvalue weighted by Gasteiger charge is 2.31. The Morgan fingerprint density at radius 2 is 2.13 bits per heavy atom. The van der Waals surface area contributed by atoms with Crippen molar-refractivity contribution in [2.24, 2.45) is 0 Å². The molecule has 2 fully saturated rings. The second-order valence-electron chi connectivity index (χ2n) is 5.24. The lowest BCUT2D eigenvalue weighted by atomic mass is 9.91. The van der Waals surface area contributed by atoms with Gasteiger partial charge < -0.3 is 15.2 Å².